The van der Waals surface area contributed by atoms with Crippen LogP contribution in [0.25, 0.3) is 0 Å². The van der Waals surface area contributed by atoms with Gasteiger partial charge in [-0.3, -0.25) is 14.9 Å². The van der Waals surface area contributed by atoms with E-state index < -0.39 is 46.8 Å². The number of amides is 2. The molecule has 2 amide bonds. The van der Waals surface area contributed by atoms with Crippen molar-refractivity contribution in [3.63, 3.8) is 0 Å². The summed E-state index contributed by atoms with van der Waals surface area (Å²) >= 11 is 1.29. The molecule has 1 unspecified atom stereocenters. The third kappa shape index (κ3) is 8.32. The first-order valence-corrected chi connectivity index (χ1v) is 13.7. The van der Waals surface area contributed by atoms with E-state index in [-0.39, 0.29) is 36.8 Å². The highest BCUT2D eigenvalue weighted by Gasteiger charge is 2.53. The van der Waals surface area contributed by atoms with Crippen molar-refractivity contribution in [2.75, 3.05) is 23.4 Å². The second-order valence-corrected chi connectivity index (χ2v) is 11.3. The Balaban J connectivity index is 1.76. The van der Waals surface area contributed by atoms with Crippen molar-refractivity contribution in [3.8, 4) is 0 Å². The first-order valence-electron chi connectivity index (χ1n) is 12.6. The molecule has 3 rings (SSSR count). The van der Waals surface area contributed by atoms with E-state index in [9.17, 15) is 23.6 Å². The Kier molecular flexibility index (Phi) is 10.3. The van der Waals surface area contributed by atoms with Gasteiger partial charge >= 0.3 is 18.2 Å². The Morgan fingerprint density at radius 3 is 2.48 bits per heavy atom. The maximum atomic E-state index is 15.0. The van der Waals surface area contributed by atoms with Gasteiger partial charge in [0, 0.05) is 11.5 Å². The lowest BCUT2D eigenvalue weighted by molar-refractivity contribution is -0.158. The van der Waals surface area contributed by atoms with E-state index in [1.807, 2.05) is 6.07 Å². The molecule has 1 saturated heterocycles. The minimum atomic E-state index is -1.69. The maximum Gasteiger partial charge on any atom is 0.412 e. The minimum absolute atomic E-state index is 0.0139. The summed E-state index contributed by atoms with van der Waals surface area (Å²) in [7, 11) is 0. The molecule has 1 heterocycles. The van der Waals surface area contributed by atoms with E-state index in [1.165, 1.54) is 30.0 Å². The Hall–Kier alpha value is -3.86. The van der Waals surface area contributed by atoms with Gasteiger partial charge in [0.15, 0.2) is 5.78 Å². The van der Waals surface area contributed by atoms with E-state index in [0.29, 0.717) is 5.56 Å². The number of esters is 1. The van der Waals surface area contributed by atoms with Crippen LogP contribution in [0, 0.1) is 11.2 Å². The molecule has 0 saturated carbocycles. The van der Waals surface area contributed by atoms with Gasteiger partial charge in [0.1, 0.15) is 36.1 Å². The number of Topliss-reactive ketones (excluding diaryl/α,β-unsaturated/α-hetero) is 1. The van der Waals surface area contributed by atoms with Crippen LogP contribution in [0.3, 0.4) is 0 Å². The Labute approximate surface area is 236 Å². The summed E-state index contributed by atoms with van der Waals surface area (Å²) in [5.74, 6) is -1.83. The normalized spacial score (nSPS) is 18.8. The lowest BCUT2D eigenvalue weighted by atomic mass is 9.76. The first kappa shape index (κ1) is 30.7. The molecule has 0 spiro atoms. The first-order chi connectivity index (χ1) is 18.9. The van der Waals surface area contributed by atoms with Gasteiger partial charge < -0.3 is 19.5 Å². The fraction of sp³-hybridized carbons (Fsp3) is 0.379. The number of halogens is 1. The average molecular weight is 573 g/mol. The maximum absolute atomic E-state index is 15.0. The van der Waals surface area contributed by atoms with E-state index in [0.717, 1.165) is 11.6 Å². The number of anilines is 1. The molecule has 0 aromatic heterocycles. The van der Waals surface area contributed by atoms with E-state index in [1.54, 1.807) is 45.0 Å². The van der Waals surface area contributed by atoms with Crippen LogP contribution in [0.5, 0.6) is 0 Å². The van der Waals surface area contributed by atoms with E-state index in [2.05, 4.69) is 17.2 Å². The van der Waals surface area contributed by atoms with Crippen LogP contribution in [0.15, 0.2) is 61.2 Å². The molecule has 1 aliphatic rings. The van der Waals surface area contributed by atoms with E-state index >= 15 is 0 Å². The lowest BCUT2D eigenvalue weighted by Gasteiger charge is -2.37. The van der Waals surface area contributed by atoms with Gasteiger partial charge in [0.05, 0.1) is 5.69 Å². The van der Waals surface area contributed by atoms with Gasteiger partial charge in [-0.15, -0.1) is 0 Å². The summed E-state index contributed by atoms with van der Waals surface area (Å²) in [5, 5.41) is 4.90. The number of hydrogen-bond donors (Lipinski definition) is 2. The monoisotopic (exact) mass is 572 g/mol. The Morgan fingerprint density at radius 1 is 1.10 bits per heavy atom. The van der Waals surface area contributed by atoms with Crippen molar-refractivity contribution < 1.29 is 37.8 Å². The van der Waals surface area contributed by atoms with Gasteiger partial charge in [0.25, 0.3) is 0 Å². The van der Waals surface area contributed by atoms with Crippen LogP contribution in [0.4, 0.5) is 19.7 Å². The molecular weight excluding hydrogens is 539 g/mol. The average Bonchev–Trinajstić information content (AvgIpc) is 2.89. The Morgan fingerprint density at radius 2 is 1.82 bits per heavy atom. The van der Waals surface area contributed by atoms with Gasteiger partial charge in [-0.05, 0) is 50.5 Å². The van der Waals surface area contributed by atoms with Crippen LogP contribution in [-0.4, -0.2) is 53.7 Å². The van der Waals surface area contributed by atoms with Gasteiger partial charge in [-0.2, -0.15) is 11.8 Å². The molecule has 0 bridgehead atoms. The SMILES string of the molecule is C=CCOC(=O)[C@]1(Cc2ccc(NC(=O)OCc3ccccc3)c(F)c2)CSCC(NC(=O)OC(C)(C)C)C1=O. The molecule has 11 heteroatoms. The number of nitrogens with one attached hydrogen (secondary N) is 2. The topological polar surface area (TPSA) is 120 Å². The number of rotatable bonds is 9. The number of benzene rings is 2. The van der Waals surface area contributed by atoms with Gasteiger partial charge in [-0.25, -0.2) is 14.0 Å². The van der Waals surface area contributed by atoms with Crippen LogP contribution < -0.4 is 10.6 Å². The zero-order valence-corrected chi connectivity index (χ0v) is 23.5. The third-order valence-electron chi connectivity index (χ3n) is 5.82. The highest BCUT2D eigenvalue weighted by Crippen LogP contribution is 2.37. The van der Waals surface area contributed by atoms with Crippen molar-refractivity contribution in [2.24, 2.45) is 5.41 Å². The highest BCUT2D eigenvalue weighted by molar-refractivity contribution is 7.99. The Bertz CT molecular complexity index is 1250. The summed E-state index contributed by atoms with van der Waals surface area (Å²) in [4.78, 5) is 51.4. The molecule has 9 nitrogen and oxygen atoms in total. The second kappa shape index (κ2) is 13.5. The highest BCUT2D eigenvalue weighted by atomic mass is 32.2. The third-order valence-corrected chi connectivity index (χ3v) is 7.09. The second-order valence-electron chi connectivity index (χ2n) is 10.2. The molecule has 2 N–H and O–H groups in total. The number of thioether (sulfide) groups is 1. The fourth-order valence-electron chi connectivity index (χ4n) is 4.02. The summed E-state index contributed by atoms with van der Waals surface area (Å²) in [5.41, 5.74) is -1.50. The molecule has 0 radical (unpaired) electrons. The quantitative estimate of drug-likeness (QED) is 0.186. The van der Waals surface area contributed by atoms with Crippen LogP contribution >= 0.6 is 11.8 Å². The predicted molar refractivity (Wildman–Crippen MR) is 149 cm³/mol. The smallest absolute Gasteiger partial charge is 0.412 e. The number of carbonyl (C=O) groups excluding carboxylic acids is 4. The van der Waals surface area contributed by atoms with Crippen molar-refractivity contribution in [1.82, 2.24) is 5.32 Å². The summed E-state index contributed by atoms with van der Waals surface area (Å²) in [6.07, 6.45) is -0.437. The molecule has 1 aliphatic heterocycles. The van der Waals surface area contributed by atoms with Crippen molar-refractivity contribution in [1.29, 1.82) is 0 Å². The van der Waals surface area contributed by atoms with Crippen molar-refractivity contribution >= 4 is 41.4 Å². The van der Waals surface area contributed by atoms with Crippen LogP contribution in [0.2, 0.25) is 0 Å². The molecular formula is C29H33FN2O7S. The zero-order chi connectivity index (χ0) is 29.3. The summed E-state index contributed by atoms with van der Waals surface area (Å²) in [6, 6.07) is 12.0. The summed E-state index contributed by atoms with van der Waals surface area (Å²) in [6.45, 7) is 8.50. The molecule has 0 aliphatic carbocycles. The van der Waals surface area contributed by atoms with Crippen molar-refractivity contribution in [2.45, 2.75) is 45.4 Å². The molecule has 40 heavy (non-hydrogen) atoms. The minimum Gasteiger partial charge on any atom is -0.461 e. The lowest BCUT2D eigenvalue weighted by Crippen LogP contribution is -2.58. The van der Waals surface area contributed by atoms with E-state index in [4.69, 9.17) is 14.2 Å². The number of alkyl carbamates (subject to hydrolysis) is 1. The summed E-state index contributed by atoms with van der Waals surface area (Å²) < 4.78 is 30.7. The molecule has 2 aromatic carbocycles. The molecule has 2 atom stereocenters. The molecule has 214 valence electrons. The van der Waals surface area contributed by atoms with Crippen LogP contribution in [-0.2, 0) is 36.8 Å². The largest absolute Gasteiger partial charge is 0.461 e. The van der Waals surface area contributed by atoms with Gasteiger partial charge in [0.2, 0.25) is 0 Å². The number of carbonyl (C=O) groups is 4. The number of ether oxygens (including phenoxy) is 3. The number of ketones is 1. The zero-order valence-electron chi connectivity index (χ0n) is 22.7. The van der Waals surface area contributed by atoms with Crippen LogP contribution in [0.1, 0.15) is 31.9 Å². The molecule has 1 fully saturated rings. The predicted octanol–water partition coefficient (Wildman–Crippen LogP) is 5.04. The van der Waals surface area contributed by atoms with Gasteiger partial charge in [-0.1, -0.05) is 49.1 Å². The standard InChI is InChI=1S/C29H33FN2O7S/c1-5-13-37-25(34)29(18-40-17-23(24(29)33)32-27(36)39-28(2,3)4)15-20-11-12-22(21(30)14-20)31-26(35)38-16-19-9-7-6-8-10-19/h5-12,14,23H,1,13,15-18H2,2-4H3,(H,31,35)(H,32,36)/t23?,29-/m1/s1. The number of hydrogen-bond acceptors (Lipinski definition) is 8. The molecule has 2 aromatic rings. The fourth-order valence-corrected chi connectivity index (χ4v) is 5.32. The van der Waals surface area contributed by atoms with Crippen molar-refractivity contribution in [3.05, 3.63) is 78.1 Å².